The summed E-state index contributed by atoms with van der Waals surface area (Å²) in [7, 11) is 2.52. The second-order valence-electron chi connectivity index (χ2n) is 9.55. The van der Waals surface area contributed by atoms with Crippen LogP contribution in [0.15, 0.2) is 5.11 Å². The molecule has 0 aromatic carbocycles. The highest BCUT2D eigenvalue weighted by atomic mass is 15.1. The zero-order valence-electron chi connectivity index (χ0n) is 14.3. The second kappa shape index (κ2) is 5.19. The Hall–Kier alpha value is -0.625. The molecule has 7 atom stereocenters. The third-order valence-electron chi connectivity index (χ3n) is 8.15. The van der Waals surface area contributed by atoms with Crippen LogP contribution in [0.1, 0.15) is 64.7 Å². The molecule has 22 heavy (non-hydrogen) atoms. The van der Waals surface area contributed by atoms with Crippen molar-refractivity contribution in [2.45, 2.75) is 70.0 Å². The van der Waals surface area contributed by atoms with E-state index in [2.05, 4.69) is 24.8 Å². The van der Waals surface area contributed by atoms with Crippen LogP contribution >= 0.6 is 0 Å². The van der Waals surface area contributed by atoms with Gasteiger partial charge in [0.2, 0.25) is 0 Å². The Balaban J connectivity index is 1.78. The largest absolute Gasteiger partial charge is 0.109 e. The summed E-state index contributed by atoms with van der Waals surface area (Å²) in [4.78, 5) is 3.15. The van der Waals surface area contributed by atoms with E-state index in [0.29, 0.717) is 10.7 Å². The maximum atomic E-state index is 8.94. The van der Waals surface area contributed by atoms with Gasteiger partial charge in [0.05, 0.1) is 0 Å². The van der Waals surface area contributed by atoms with E-state index in [1.54, 1.807) is 0 Å². The van der Waals surface area contributed by atoms with Gasteiger partial charge in [-0.3, -0.25) is 0 Å². The molecule has 3 nitrogen and oxygen atoms in total. The van der Waals surface area contributed by atoms with Crippen molar-refractivity contribution in [2.75, 3.05) is 6.54 Å². The number of nitrogens with zero attached hydrogens (tertiary/aromatic N) is 3. The molecule has 4 fully saturated rings. The van der Waals surface area contributed by atoms with Crippen molar-refractivity contribution in [1.29, 1.82) is 0 Å². The predicted molar refractivity (Wildman–Crippen MR) is 92.4 cm³/mol. The van der Waals surface area contributed by atoms with E-state index in [1.165, 1.54) is 57.8 Å². The molecule has 0 N–H and O–H groups in total. The first-order chi connectivity index (χ1) is 10.6. The van der Waals surface area contributed by atoms with Gasteiger partial charge in [0, 0.05) is 11.5 Å². The molecule has 4 aliphatic rings. The Bertz CT molecular complexity index is 499. The van der Waals surface area contributed by atoms with Gasteiger partial charge in [0.1, 0.15) is 7.85 Å². The lowest BCUT2D eigenvalue weighted by atomic mass is 9.35. The highest BCUT2D eigenvalue weighted by Crippen LogP contribution is 2.70. The first-order valence-corrected chi connectivity index (χ1v) is 9.58. The fourth-order valence-electron chi connectivity index (χ4n) is 7.80. The van der Waals surface area contributed by atoms with Crippen LogP contribution in [0.5, 0.6) is 0 Å². The molecule has 7 unspecified atom stereocenters. The van der Waals surface area contributed by atoms with Crippen LogP contribution in [0.3, 0.4) is 0 Å². The average molecular weight is 299 g/mol. The van der Waals surface area contributed by atoms with E-state index in [-0.39, 0.29) is 0 Å². The summed E-state index contributed by atoms with van der Waals surface area (Å²) in [5.74, 6) is 4.63. The third-order valence-corrected chi connectivity index (χ3v) is 8.15. The summed E-state index contributed by atoms with van der Waals surface area (Å²) in [5.41, 5.74) is 9.27. The monoisotopic (exact) mass is 299 g/mol. The fraction of sp³-hybridized carbons (Fsp3) is 1.00. The van der Waals surface area contributed by atoms with Gasteiger partial charge in [0.15, 0.2) is 0 Å². The fourth-order valence-corrected chi connectivity index (χ4v) is 7.80. The van der Waals surface area contributed by atoms with Crippen LogP contribution in [0.4, 0.5) is 0 Å². The Kier molecular flexibility index (Phi) is 3.53. The van der Waals surface area contributed by atoms with E-state index in [1.807, 2.05) is 0 Å². The van der Waals surface area contributed by atoms with E-state index in [4.69, 9.17) is 5.53 Å². The van der Waals surface area contributed by atoms with Crippen LogP contribution in [0, 0.1) is 35.0 Å². The maximum absolute atomic E-state index is 8.94. The van der Waals surface area contributed by atoms with Gasteiger partial charge in [0.25, 0.3) is 0 Å². The van der Waals surface area contributed by atoms with Crippen LogP contribution in [-0.2, 0) is 0 Å². The molecular formula is C18H30BN3. The smallest absolute Gasteiger partial charge is 0.0934 e. The summed E-state index contributed by atoms with van der Waals surface area (Å²) in [5, 5.41) is 4.57. The molecule has 4 saturated carbocycles. The minimum absolute atomic E-state index is 0.329. The Morgan fingerprint density at radius 1 is 1.14 bits per heavy atom. The zero-order chi connectivity index (χ0) is 15.4. The van der Waals surface area contributed by atoms with E-state index in [0.717, 1.165) is 36.1 Å². The molecule has 0 saturated heterocycles. The standard InChI is InChI=1S/C18H30BN3/c1-17(19)10-18(11-21-22-20)9-3-5-13-8-7-12-4-2-6-14(17)15(12)16(13)18/h12-16H,2-11,19H2,1H3. The van der Waals surface area contributed by atoms with Crippen molar-refractivity contribution < 1.29 is 0 Å². The lowest BCUT2D eigenvalue weighted by Crippen LogP contribution is -2.59. The molecule has 0 aromatic rings. The summed E-state index contributed by atoms with van der Waals surface area (Å²) in [6, 6.07) is 0. The first-order valence-electron chi connectivity index (χ1n) is 9.58. The number of hydrogen-bond acceptors (Lipinski definition) is 1. The highest BCUT2D eigenvalue weighted by Gasteiger charge is 2.61. The van der Waals surface area contributed by atoms with Gasteiger partial charge < -0.3 is 0 Å². The van der Waals surface area contributed by atoms with Gasteiger partial charge in [-0.2, -0.15) is 0 Å². The van der Waals surface area contributed by atoms with Crippen LogP contribution in [0.25, 0.3) is 10.4 Å². The van der Waals surface area contributed by atoms with Crippen molar-refractivity contribution in [2.24, 2.45) is 40.1 Å². The number of hydrogen-bond donors (Lipinski definition) is 0. The minimum Gasteiger partial charge on any atom is -0.0934 e. The van der Waals surface area contributed by atoms with Gasteiger partial charge in [-0.1, -0.05) is 49.5 Å². The van der Waals surface area contributed by atoms with Gasteiger partial charge in [-0.25, -0.2) is 0 Å². The van der Waals surface area contributed by atoms with Crippen molar-refractivity contribution in [3.63, 3.8) is 0 Å². The molecule has 0 heterocycles. The topological polar surface area (TPSA) is 48.8 Å². The Morgan fingerprint density at radius 2 is 1.91 bits per heavy atom. The molecule has 0 radical (unpaired) electrons. The average Bonchev–Trinajstić information content (AvgIpc) is 2.51. The number of rotatable bonds is 2. The lowest BCUT2D eigenvalue weighted by molar-refractivity contribution is -0.140. The van der Waals surface area contributed by atoms with Gasteiger partial charge in [-0.05, 0) is 66.2 Å². The van der Waals surface area contributed by atoms with Crippen LogP contribution in [-0.4, -0.2) is 14.4 Å². The third kappa shape index (κ3) is 2.06. The van der Waals surface area contributed by atoms with Crippen molar-refractivity contribution in [1.82, 2.24) is 0 Å². The van der Waals surface area contributed by atoms with E-state index >= 15 is 0 Å². The molecule has 0 aromatic heterocycles. The van der Waals surface area contributed by atoms with Crippen LogP contribution < -0.4 is 0 Å². The van der Waals surface area contributed by atoms with E-state index < -0.39 is 0 Å². The predicted octanol–water partition coefficient (Wildman–Crippen LogP) is 4.74. The lowest BCUT2D eigenvalue weighted by Gasteiger charge is -2.67. The first kappa shape index (κ1) is 14.9. The second-order valence-corrected chi connectivity index (χ2v) is 9.55. The van der Waals surface area contributed by atoms with Gasteiger partial charge in [-0.15, -0.1) is 0 Å². The van der Waals surface area contributed by atoms with E-state index in [9.17, 15) is 0 Å². The molecule has 0 bridgehead atoms. The summed E-state index contributed by atoms with van der Waals surface area (Å²) in [6.07, 6.45) is 12.7. The summed E-state index contributed by atoms with van der Waals surface area (Å²) in [6.45, 7) is 3.29. The number of azide groups is 1. The van der Waals surface area contributed by atoms with Gasteiger partial charge >= 0.3 is 0 Å². The summed E-state index contributed by atoms with van der Waals surface area (Å²) >= 11 is 0. The molecular weight excluding hydrogens is 269 g/mol. The van der Waals surface area contributed by atoms with Crippen molar-refractivity contribution in [3.05, 3.63) is 10.4 Å². The summed E-state index contributed by atoms with van der Waals surface area (Å²) < 4.78 is 0. The molecule has 4 heteroatoms. The molecule has 120 valence electrons. The normalized spacial score (nSPS) is 53.2. The quantitative estimate of drug-likeness (QED) is 0.306. The minimum atomic E-state index is 0.329. The highest BCUT2D eigenvalue weighted by molar-refractivity contribution is 6.15. The van der Waals surface area contributed by atoms with Crippen molar-refractivity contribution >= 4 is 7.85 Å². The SMILES string of the molecule is BC1(C)CC2(CN=[N+]=[N-])CCCC3CCC4CCCC1C4C32. The molecule has 0 spiro atoms. The maximum Gasteiger partial charge on any atom is 0.109 e. The van der Waals surface area contributed by atoms with Crippen LogP contribution in [0.2, 0.25) is 5.31 Å². The molecule has 0 amide bonds. The molecule has 0 aliphatic heterocycles. The van der Waals surface area contributed by atoms with Crippen molar-refractivity contribution in [3.8, 4) is 0 Å². The Labute approximate surface area is 135 Å². The molecule has 4 aliphatic carbocycles. The Morgan fingerprint density at radius 3 is 2.73 bits per heavy atom. The molecule has 4 rings (SSSR count). The zero-order valence-corrected chi connectivity index (χ0v) is 14.3.